The van der Waals surface area contributed by atoms with Crippen LogP contribution in [0.1, 0.15) is 24.5 Å². The van der Waals surface area contributed by atoms with Gasteiger partial charge in [-0.05, 0) is 48.7 Å². The van der Waals surface area contributed by atoms with Crippen molar-refractivity contribution in [3.05, 3.63) is 94.0 Å². The van der Waals surface area contributed by atoms with Crippen molar-refractivity contribution in [2.45, 2.75) is 37.8 Å². The SMILES string of the molecule is CC[C@@H](C(=O)NC)N(Cc1ccccc1C)C(=O)CN(c1cccc(Cl)c1Cl)S(=O)(=O)c1ccccc1. The van der Waals surface area contributed by atoms with E-state index < -0.39 is 28.5 Å². The largest absolute Gasteiger partial charge is 0.357 e. The van der Waals surface area contributed by atoms with E-state index in [1.807, 2.05) is 31.2 Å². The maximum absolute atomic E-state index is 13.9. The zero-order chi connectivity index (χ0) is 27.2. The first-order valence-electron chi connectivity index (χ1n) is 11.7. The topological polar surface area (TPSA) is 86.8 Å². The summed E-state index contributed by atoms with van der Waals surface area (Å²) in [6, 6.07) is 19.1. The van der Waals surface area contributed by atoms with E-state index in [2.05, 4.69) is 5.32 Å². The lowest BCUT2D eigenvalue weighted by atomic mass is 10.1. The first-order chi connectivity index (χ1) is 17.6. The fraction of sp³-hybridized carbons (Fsp3) is 0.259. The van der Waals surface area contributed by atoms with E-state index in [-0.39, 0.29) is 33.1 Å². The molecule has 37 heavy (non-hydrogen) atoms. The normalized spacial score (nSPS) is 12.0. The van der Waals surface area contributed by atoms with Gasteiger partial charge in [0.05, 0.1) is 20.6 Å². The van der Waals surface area contributed by atoms with Gasteiger partial charge in [-0.15, -0.1) is 0 Å². The number of nitrogens with zero attached hydrogens (tertiary/aromatic N) is 2. The van der Waals surface area contributed by atoms with E-state index in [0.717, 1.165) is 15.4 Å². The molecule has 3 rings (SSSR count). The number of hydrogen-bond acceptors (Lipinski definition) is 4. The molecule has 0 heterocycles. The van der Waals surface area contributed by atoms with Gasteiger partial charge >= 0.3 is 0 Å². The number of halogens is 2. The van der Waals surface area contributed by atoms with Crippen LogP contribution in [0.3, 0.4) is 0 Å². The predicted octanol–water partition coefficient (Wildman–Crippen LogP) is 5.05. The van der Waals surface area contributed by atoms with E-state index in [9.17, 15) is 18.0 Å². The third-order valence-corrected chi connectivity index (χ3v) is 8.63. The number of aryl methyl sites for hydroxylation is 1. The Bertz CT molecular complexity index is 1370. The summed E-state index contributed by atoms with van der Waals surface area (Å²) < 4.78 is 28.5. The van der Waals surface area contributed by atoms with Gasteiger partial charge in [0.15, 0.2) is 0 Å². The first kappa shape index (κ1) is 28.5. The fourth-order valence-electron chi connectivity index (χ4n) is 3.98. The van der Waals surface area contributed by atoms with E-state index in [1.54, 1.807) is 31.2 Å². The van der Waals surface area contributed by atoms with Crippen LogP contribution in [-0.4, -0.2) is 44.8 Å². The summed E-state index contributed by atoms with van der Waals surface area (Å²) in [7, 11) is -2.72. The summed E-state index contributed by atoms with van der Waals surface area (Å²) in [5.74, 6) is -0.906. The lowest BCUT2D eigenvalue weighted by molar-refractivity contribution is -0.140. The number of amides is 2. The van der Waals surface area contributed by atoms with Crippen LogP contribution >= 0.6 is 23.2 Å². The quantitative estimate of drug-likeness (QED) is 0.375. The van der Waals surface area contributed by atoms with Gasteiger partial charge < -0.3 is 10.2 Å². The lowest BCUT2D eigenvalue weighted by Crippen LogP contribution is -2.51. The van der Waals surface area contributed by atoms with Crippen LogP contribution in [-0.2, 0) is 26.2 Å². The highest BCUT2D eigenvalue weighted by Gasteiger charge is 2.34. The molecule has 0 saturated carbocycles. The highest BCUT2D eigenvalue weighted by atomic mass is 35.5. The minimum Gasteiger partial charge on any atom is -0.357 e. The van der Waals surface area contributed by atoms with Gasteiger partial charge in [0.2, 0.25) is 11.8 Å². The Morgan fingerprint density at radius 3 is 2.22 bits per heavy atom. The number of sulfonamides is 1. The molecule has 0 bridgehead atoms. The van der Waals surface area contributed by atoms with Gasteiger partial charge in [0, 0.05) is 13.6 Å². The number of likely N-dealkylation sites (N-methyl/N-ethyl adjacent to an activating group) is 1. The third kappa shape index (κ3) is 6.44. The van der Waals surface area contributed by atoms with Crippen molar-refractivity contribution < 1.29 is 18.0 Å². The molecule has 3 aromatic carbocycles. The number of hydrogen-bond donors (Lipinski definition) is 1. The number of nitrogens with one attached hydrogen (secondary N) is 1. The molecule has 196 valence electrons. The van der Waals surface area contributed by atoms with Crippen LogP contribution in [0.2, 0.25) is 10.0 Å². The molecule has 10 heteroatoms. The Kier molecular flexibility index (Phi) is 9.59. The number of carbonyl (C=O) groups excluding carboxylic acids is 2. The predicted molar refractivity (Wildman–Crippen MR) is 147 cm³/mol. The summed E-state index contributed by atoms with van der Waals surface area (Å²) in [6.07, 6.45) is 0.334. The van der Waals surface area contributed by atoms with Crippen molar-refractivity contribution in [2.24, 2.45) is 0 Å². The van der Waals surface area contributed by atoms with E-state index >= 15 is 0 Å². The van der Waals surface area contributed by atoms with Gasteiger partial charge in [-0.1, -0.05) is 78.7 Å². The molecule has 0 saturated heterocycles. The van der Waals surface area contributed by atoms with Crippen molar-refractivity contribution in [3.8, 4) is 0 Å². The monoisotopic (exact) mass is 561 g/mol. The zero-order valence-electron chi connectivity index (χ0n) is 20.8. The molecule has 0 aromatic heterocycles. The summed E-state index contributed by atoms with van der Waals surface area (Å²) >= 11 is 12.6. The highest BCUT2D eigenvalue weighted by Crippen LogP contribution is 2.35. The van der Waals surface area contributed by atoms with E-state index in [4.69, 9.17) is 23.2 Å². The Balaban J connectivity index is 2.11. The summed E-state index contributed by atoms with van der Waals surface area (Å²) in [4.78, 5) is 28.1. The van der Waals surface area contributed by atoms with Crippen LogP contribution in [0.5, 0.6) is 0 Å². The molecule has 1 N–H and O–H groups in total. The molecule has 0 fully saturated rings. The Labute approximate surface area is 228 Å². The average Bonchev–Trinajstić information content (AvgIpc) is 2.90. The first-order valence-corrected chi connectivity index (χ1v) is 13.9. The van der Waals surface area contributed by atoms with Crippen molar-refractivity contribution in [3.63, 3.8) is 0 Å². The molecule has 0 aliphatic carbocycles. The summed E-state index contributed by atoms with van der Waals surface area (Å²) in [6.45, 7) is 3.25. The van der Waals surface area contributed by atoms with Crippen molar-refractivity contribution in [1.29, 1.82) is 0 Å². The van der Waals surface area contributed by atoms with E-state index in [1.165, 1.54) is 36.2 Å². The molecule has 7 nitrogen and oxygen atoms in total. The fourth-order valence-corrected chi connectivity index (χ4v) is 5.87. The summed E-state index contributed by atoms with van der Waals surface area (Å²) in [5, 5.41) is 2.75. The second-order valence-corrected chi connectivity index (χ2v) is 11.0. The molecular weight excluding hydrogens is 533 g/mol. The van der Waals surface area contributed by atoms with Crippen molar-refractivity contribution in [2.75, 3.05) is 17.9 Å². The number of anilines is 1. The molecule has 3 aromatic rings. The minimum atomic E-state index is -4.22. The van der Waals surface area contributed by atoms with Crippen molar-refractivity contribution in [1.82, 2.24) is 10.2 Å². The Hall–Kier alpha value is -3.07. The highest BCUT2D eigenvalue weighted by molar-refractivity contribution is 7.92. The summed E-state index contributed by atoms with van der Waals surface area (Å²) in [5.41, 5.74) is 1.85. The average molecular weight is 563 g/mol. The van der Waals surface area contributed by atoms with Crippen LogP contribution < -0.4 is 9.62 Å². The van der Waals surface area contributed by atoms with Gasteiger partial charge in [0.25, 0.3) is 10.0 Å². The molecule has 0 unspecified atom stereocenters. The maximum Gasteiger partial charge on any atom is 0.264 e. The second-order valence-electron chi connectivity index (χ2n) is 8.38. The Morgan fingerprint density at radius 2 is 1.59 bits per heavy atom. The molecule has 0 aliphatic heterocycles. The molecule has 0 radical (unpaired) electrons. The van der Waals surface area contributed by atoms with Crippen molar-refractivity contribution >= 4 is 50.7 Å². The minimum absolute atomic E-state index is 0.000249. The molecule has 1 atom stereocenters. The lowest BCUT2D eigenvalue weighted by Gasteiger charge is -2.33. The van der Waals surface area contributed by atoms with Crippen LogP contribution in [0.15, 0.2) is 77.7 Å². The standard InChI is InChI=1S/C27H29Cl2N3O4S/c1-4-23(27(34)30-3)31(17-20-12-9-8-11-19(20)2)25(33)18-32(24-16-10-15-22(28)26(24)29)37(35,36)21-13-6-5-7-14-21/h5-16,23H,4,17-18H2,1-3H3,(H,30,34)/t23-/m0/s1. The molecule has 0 aliphatic rings. The molecule has 2 amide bonds. The van der Waals surface area contributed by atoms with Crippen LogP contribution in [0, 0.1) is 6.92 Å². The Morgan fingerprint density at radius 1 is 0.946 bits per heavy atom. The van der Waals surface area contributed by atoms with Crippen LogP contribution in [0.25, 0.3) is 0 Å². The molecule has 0 spiro atoms. The van der Waals surface area contributed by atoms with Gasteiger partial charge in [-0.2, -0.15) is 0 Å². The van der Waals surface area contributed by atoms with Gasteiger partial charge in [0.1, 0.15) is 12.6 Å². The smallest absolute Gasteiger partial charge is 0.264 e. The maximum atomic E-state index is 13.9. The molecular formula is C27H29Cl2N3O4S. The van der Waals surface area contributed by atoms with E-state index in [0.29, 0.717) is 6.42 Å². The van der Waals surface area contributed by atoms with Gasteiger partial charge in [-0.3, -0.25) is 13.9 Å². The number of benzene rings is 3. The van der Waals surface area contributed by atoms with Crippen LogP contribution in [0.4, 0.5) is 5.69 Å². The zero-order valence-corrected chi connectivity index (χ0v) is 23.1. The number of rotatable bonds is 10. The third-order valence-electron chi connectivity index (χ3n) is 6.04. The van der Waals surface area contributed by atoms with Gasteiger partial charge in [-0.25, -0.2) is 8.42 Å². The number of carbonyl (C=O) groups is 2. The second kappa shape index (κ2) is 12.4.